The zero-order chi connectivity index (χ0) is 23.3. The summed E-state index contributed by atoms with van der Waals surface area (Å²) >= 11 is 12.8. The van der Waals surface area contributed by atoms with Gasteiger partial charge in [0.15, 0.2) is 0 Å². The molecule has 0 amide bonds. The molecule has 2 unspecified atom stereocenters. The van der Waals surface area contributed by atoms with Crippen LogP contribution < -0.4 is 0 Å². The number of hydrogen-bond acceptors (Lipinski definition) is 6. The van der Waals surface area contributed by atoms with Crippen LogP contribution in [-0.2, 0) is 14.3 Å². The van der Waals surface area contributed by atoms with Gasteiger partial charge in [0.2, 0.25) is 0 Å². The third-order valence-corrected chi connectivity index (χ3v) is 6.98. The van der Waals surface area contributed by atoms with Crippen molar-refractivity contribution in [2.75, 3.05) is 18.6 Å². The average Bonchev–Trinajstić information content (AvgIpc) is 3.47. The molecule has 3 rings (SSSR count). The predicted octanol–water partition coefficient (Wildman–Crippen LogP) is 6.83. The van der Waals surface area contributed by atoms with Crippen LogP contribution in [0.15, 0.2) is 62.8 Å². The lowest BCUT2D eigenvalue weighted by Gasteiger charge is -2.11. The van der Waals surface area contributed by atoms with E-state index in [4.69, 9.17) is 32.5 Å². The molecule has 0 spiro atoms. The lowest BCUT2D eigenvalue weighted by atomic mass is 10.1. The number of aliphatic hydroxyl groups is 1. The Bertz CT molecular complexity index is 926. The van der Waals surface area contributed by atoms with Crippen LogP contribution in [0.5, 0.6) is 0 Å². The molecule has 2 atom stereocenters. The summed E-state index contributed by atoms with van der Waals surface area (Å²) in [7, 11) is -3.66. The van der Waals surface area contributed by atoms with Crippen LogP contribution in [0.25, 0.3) is 0 Å². The minimum atomic E-state index is -3.66. The summed E-state index contributed by atoms with van der Waals surface area (Å²) in [6.45, 7) is 6.29. The molecule has 0 radical (unpaired) electrons. The number of aryl methyl sites for hydroxylation is 1. The first kappa shape index (κ1) is 28.1. The van der Waals surface area contributed by atoms with Crippen molar-refractivity contribution in [2.45, 2.75) is 37.5 Å². The largest absolute Gasteiger partial charge is 0.396 e. The van der Waals surface area contributed by atoms with Crippen molar-refractivity contribution in [3.8, 4) is 0 Å². The second kappa shape index (κ2) is 15.0. The van der Waals surface area contributed by atoms with Crippen molar-refractivity contribution in [1.82, 2.24) is 0 Å². The Morgan fingerprint density at radius 2 is 1.42 bits per heavy atom. The Morgan fingerprint density at radius 3 is 1.84 bits per heavy atom. The van der Waals surface area contributed by atoms with Crippen LogP contribution in [0.1, 0.15) is 42.4 Å². The highest BCUT2D eigenvalue weighted by Crippen LogP contribution is 2.21. The first-order valence-electron chi connectivity index (χ1n) is 9.48. The third-order valence-electron chi connectivity index (χ3n) is 4.28. The van der Waals surface area contributed by atoms with Gasteiger partial charge in [-0.25, -0.2) is 0 Å². The number of alkyl halides is 2. The van der Waals surface area contributed by atoms with E-state index in [0.717, 1.165) is 11.1 Å². The van der Waals surface area contributed by atoms with E-state index in [9.17, 15) is 8.42 Å². The van der Waals surface area contributed by atoms with E-state index in [1.165, 1.54) is 5.56 Å². The van der Waals surface area contributed by atoms with E-state index in [1.807, 2.05) is 49.0 Å². The molecule has 0 saturated heterocycles. The van der Waals surface area contributed by atoms with Crippen LogP contribution in [0.4, 0.5) is 0 Å². The summed E-state index contributed by atoms with van der Waals surface area (Å²) in [5.41, 5.74) is 3.36. The van der Waals surface area contributed by atoms with E-state index in [1.54, 1.807) is 46.9 Å². The van der Waals surface area contributed by atoms with Crippen molar-refractivity contribution in [3.05, 3.63) is 74.6 Å². The highest BCUT2D eigenvalue weighted by molar-refractivity contribution is 7.86. The van der Waals surface area contributed by atoms with Gasteiger partial charge in [-0.05, 0) is 63.8 Å². The van der Waals surface area contributed by atoms with Crippen LogP contribution in [-0.4, -0.2) is 32.1 Å². The molecule has 1 aromatic carbocycles. The van der Waals surface area contributed by atoms with Crippen molar-refractivity contribution in [2.24, 2.45) is 0 Å². The SMILES string of the molecule is CC(CO)c1ccsc1.Cc1ccc(S(=O)(=O)OCC(C)c2ccsc2)cc1.ClCCl. The molecule has 9 heteroatoms. The molecule has 31 heavy (non-hydrogen) atoms. The maximum Gasteiger partial charge on any atom is 0.296 e. The molecule has 1 N–H and O–H groups in total. The zero-order valence-electron chi connectivity index (χ0n) is 17.7. The summed E-state index contributed by atoms with van der Waals surface area (Å²) in [5, 5.41) is 17.0. The Morgan fingerprint density at radius 1 is 0.935 bits per heavy atom. The highest BCUT2D eigenvalue weighted by Gasteiger charge is 2.17. The summed E-state index contributed by atoms with van der Waals surface area (Å²) < 4.78 is 29.1. The molecule has 2 aromatic heterocycles. The van der Waals surface area contributed by atoms with Gasteiger partial charge in [0.05, 0.1) is 16.8 Å². The molecular formula is C22H28Cl2O4S3. The van der Waals surface area contributed by atoms with Crippen molar-refractivity contribution in [3.63, 3.8) is 0 Å². The lowest BCUT2D eigenvalue weighted by molar-refractivity contribution is 0.273. The maximum absolute atomic E-state index is 12.0. The monoisotopic (exact) mass is 522 g/mol. The van der Waals surface area contributed by atoms with Crippen LogP contribution in [0, 0.1) is 6.92 Å². The second-order valence-corrected chi connectivity index (χ2v) is 10.7. The van der Waals surface area contributed by atoms with Gasteiger partial charge in [-0.3, -0.25) is 4.18 Å². The minimum Gasteiger partial charge on any atom is -0.396 e. The summed E-state index contributed by atoms with van der Waals surface area (Å²) in [4.78, 5) is 0.204. The van der Waals surface area contributed by atoms with Crippen LogP contribution >= 0.6 is 45.9 Å². The summed E-state index contributed by atoms with van der Waals surface area (Å²) in [6, 6.07) is 10.7. The molecule has 3 aromatic rings. The number of rotatable bonds is 7. The molecule has 172 valence electrons. The summed E-state index contributed by atoms with van der Waals surface area (Å²) in [5.74, 6) is 0.364. The van der Waals surface area contributed by atoms with Gasteiger partial charge < -0.3 is 5.11 Å². The molecule has 0 fully saturated rings. The van der Waals surface area contributed by atoms with Gasteiger partial charge in [0.1, 0.15) is 0 Å². The number of thiophene rings is 2. The maximum atomic E-state index is 12.0. The van der Waals surface area contributed by atoms with Gasteiger partial charge in [0, 0.05) is 18.4 Å². The smallest absolute Gasteiger partial charge is 0.296 e. The lowest BCUT2D eigenvalue weighted by Crippen LogP contribution is -2.11. The molecule has 0 bridgehead atoms. The normalized spacial score (nSPS) is 12.7. The molecule has 4 nitrogen and oxygen atoms in total. The fraction of sp³-hybridized carbons (Fsp3) is 0.364. The van der Waals surface area contributed by atoms with E-state index < -0.39 is 10.1 Å². The van der Waals surface area contributed by atoms with Crippen molar-refractivity contribution in [1.29, 1.82) is 0 Å². The third kappa shape index (κ3) is 10.5. The number of aliphatic hydroxyl groups excluding tert-OH is 1. The quantitative estimate of drug-likeness (QED) is 0.272. The second-order valence-electron chi connectivity index (χ2n) is 6.75. The van der Waals surface area contributed by atoms with Gasteiger partial charge in [0.25, 0.3) is 10.1 Å². The number of benzene rings is 1. The van der Waals surface area contributed by atoms with Crippen molar-refractivity contribution < 1.29 is 17.7 Å². The Balaban J connectivity index is 0.000000333. The van der Waals surface area contributed by atoms with Crippen LogP contribution in [0.3, 0.4) is 0 Å². The molecule has 0 aliphatic carbocycles. The first-order valence-corrected chi connectivity index (χ1v) is 13.8. The van der Waals surface area contributed by atoms with Gasteiger partial charge >= 0.3 is 0 Å². The average molecular weight is 524 g/mol. The van der Waals surface area contributed by atoms with Gasteiger partial charge in [-0.2, -0.15) is 31.1 Å². The predicted molar refractivity (Wildman–Crippen MR) is 133 cm³/mol. The van der Waals surface area contributed by atoms with E-state index in [0.29, 0.717) is 5.92 Å². The molecule has 0 aliphatic rings. The Labute approximate surface area is 203 Å². The Hall–Kier alpha value is -0.930. The molecule has 0 aliphatic heterocycles. The zero-order valence-corrected chi connectivity index (χ0v) is 21.7. The molecular weight excluding hydrogens is 495 g/mol. The van der Waals surface area contributed by atoms with Crippen LogP contribution in [0.2, 0.25) is 0 Å². The first-order chi connectivity index (χ1) is 14.7. The number of hydrogen-bond donors (Lipinski definition) is 1. The van der Waals surface area contributed by atoms with E-state index >= 15 is 0 Å². The highest BCUT2D eigenvalue weighted by atomic mass is 35.5. The fourth-order valence-corrected chi connectivity index (χ4v) is 4.83. The topological polar surface area (TPSA) is 63.6 Å². The van der Waals surface area contributed by atoms with E-state index in [2.05, 4.69) is 5.38 Å². The van der Waals surface area contributed by atoms with Gasteiger partial charge in [-0.15, -0.1) is 23.2 Å². The minimum absolute atomic E-state index is 0.0615. The van der Waals surface area contributed by atoms with Crippen molar-refractivity contribution >= 4 is 56.0 Å². The molecule has 0 saturated carbocycles. The fourth-order valence-electron chi connectivity index (χ4n) is 2.28. The molecule has 2 heterocycles. The standard InChI is InChI=1S/C14H16O3S2.C7H10OS.CH2Cl2/c1-11-3-5-14(6-4-11)19(15,16)17-9-12(2)13-7-8-18-10-13;1-6(4-8)7-2-3-9-5-7;2-1-3/h3-8,10,12H,9H2,1-2H3;2-3,5-6,8H,4H2,1H3;1H2. The van der Waals surface area contributed by atoms with Gasteiger partial charge in [-0.1, -0.05) is 31.5 Å². The Kier molecular flexibility index (Phi) is 13.6. The summed E-state index contributed by atoms with van der Waals surface area (Å²) in [6.07, 6.45) is 0. The van der Waals surface area contributed by atoms with E-state index in [-0.39, 0.29) is 29.4 Å². The number of halogens is 2.